The van der Waals surface area contributed by atoms with E-state index >= 15 is 0 Å². The summed E-state index contributed by atoms with van der Waals surface area (Å²) in [6, 6.07) is 12.2. The lowest BCUT2D eigenvalue weighted by atomic mass is 9.96. The fourth-order valence-corrected chi connectivity index (χ4v) is 4.70. The summed E-state index contributed by atoms with van der Waals surface area (Å²) in [4.78, 5) is 17.6. The summed E-state index contributed by atoms with van der Waals surface area (Å²) in [6.07, 6.45) is 4.37. The van der Waals surface area contributed by atoms with Gasteiger partial charge in [-0.25, -0.2) is 4.68 Å². The predicted molar refractivity (Wildman–Crippen MR) is 120 cm³/mol. The monoisotopic (exact) mass is 436 g/mol. The molecular formula is C24H25ClN4O2. The molecule has 3 aromatic rings. The van der Waals surface area contributed by atoms with Gasteiger partial charge in [0.05, 0.1) is 22.3 Å². The highest BCUT2D eigenvalue weighted by Crippen LogP contribution is 2.38. The molecule has 0 N–H and O–H groups in total. The van der Waals surface area contributed by atoms with Crippen molar-refractivity contribution in [3.05, 3.63) is 76.1 Å². The molecule has 3 heterocycles. The number of rotatable bonds is 3. The Morgan fingerprint density at radius 2 is 2.03 bits per heavy atom. The van der Waals surface area contributed by atoms with E-state index in [2.05, 4.69) is 29.2 Å². The molecule has 2 aliphatic heterocycles. The fourth-order valence-electron chi connectivity index (χ4n) is 4.42. The number of piperazine rings is 1. The second-order valence-electron chi connectivity index (χ2n) is 8.37. The third kappa shape index (κ3) is 3.70. The molecule has 7 heteroatoms. The quantitative estimate of drug-likeness (QED) is 0.629. The molecule has 1 saturated heterocycles. The zero-order chi connectivity index (χ0) is 21.5. The van der Waals surface area contributed by atoms with Crippen molar-refractivity contribution in [1.82, 2.24) is 19.6 Å². The molecule has 0 bridgehead atoms. The van der Waals surface area contributed by atoms with Crippen molar-refractivity contribution < 1.29 is 9.53 Å². The first-order valence-electron chi connectivity index (χ1n) is 10.5. The van der Waals surface area contributed by atoms with Gasteiger partial charge in [-0.1, -0.05) is 23.7 Å². The van der Waals surface area contributed by atoms with Gasteiger partial charge in [0.2, 0.25) is 0 Å². The maximum atomic E-state index is 13.4. The number of carbonyl (C=O) groups is 1. The van der Waals surface area contributed by atoms with Crippen LogP contribution in [-0.2, 0) is 6.42 Å². The molecule has 2 aliphatic rings. The van der Waals surface area contributed by atoms with E-state index in [-0.39, 0.29) is 11.9 Å². The number of benzene rings is 2. The third-order valence-corrected chi connectivity index (χ3v) is 6.73. The Morgan fingerprint density at radius 3 is 2.77 bits per heavy atom. The minimum Gasteiger partial charge on any atom is -0.489 e. The SMILES string of the molecule is Cc1c(Cc2ccc(-n3cccn3)cc2)cc2c(c1Cl)OC[C@H]1CN(C)CCN1C2=O. The molecule has 0 radical (unpaired) electrons. The lowest BCUT2D eigenvalue weighted by Gasteiger charge is -2.38. The highest BCUT2D eigenvalue weighted by atomic mass is 35.5. The molecule has 1 amide bonds. The van der Waals surface area contributed by atoms with Gasteiger partial charge in [0.25, 0.3) is 5.91 Å². The van der Waals surface area contributed by atoms with Gasteiger partial charge < -0.3 is 14.5 Å². The van der Waals surface area contributed by atoms with Crippen LogP contribution in [-0.4, -0.2) is 64.8 Å². The Labute approximate surface area is 187 Å². The molecule has 0 spiro atoms. The Bertz CT molecular complexity index is 1110. The molecule has 1 atom stereocenters. The van der Waals surface area contributed by atoms with Crippen LogP contribution in [0.3, 0.4) is 0 Å². The minimum atomic E-state index is 0.0165. The van der Waals surface area contributed by atoms with E-state index in [1.807, 2.05) is 47.0 Å². The molecule has 0 unspecified atom stereocenters. The van der Waals surface area contributed by atoms with Gasteiger partial charge in [0.15, 0.2) is 5.75 Å². The molecular weight excluding hydrogens is 412 g/mol. The third-order valence-electron chi connectivity index (χ3n) is 6.27. The Morgan fingerprint density at radius 1 is 1.23 bits per heavy atom. The standard InChI is InChI=1S/C24H25ClN4O2/c1-16-18(12-17-4-6-19(7-5-17)29-9-3-8-26-29)13-21-23(22(16)25)31-15-20-14-27(2)10-11-28(20)24(21)30/h3-9,13,20H,10-12,14-15H2,1-2H3/t20-/m1/s1. The number of amides is 1. The number of carbonyl (C=O) groups excluding carboxylic acids is 1. The van der Waals surface area contributed by atoms with E-state index < -0.39 is 0 Å². The first-order chi connectivity index (χ1) is 15.0. The highest BCUT2D eigenvalue weighted by Gasteiger charge is 2.35. The van der Waals surface area contributed by atoms with Crippen LogP contribution in [0.5, 0.6) is 5.75 Å². The van der Waals surface area contributed by atoms with E-state index in [1.165, 1.54) is 0 Å². The smallest absolute Gasteiger partial charge is 0.258 e. The van der Waals surface area contributed by atoms with Gasteiger partial charge in [0.1, 0.15) is 6.61 Å². The Balaban J connectivity index is 1.46. The van der Waals surface area contributed by atoms with E-state index in [0.29, 0.717) is 35.9 Å². The average Bonchev–Trinajstić information content (AvgIpc) is 3.27. The zero-order valence-electron chi connectivity index (χ0n) is 17.7. The molecule has 5 rings (SSSR count). The first kappa shape index (κ1) is 20.1. The van der Waals surface area contributed by atoms with Gasteiger partial charge in [-0.05, 0) is 61.3 Å². The van der Waals surface area contributed by atoms with E-state index in [0.717, 1.165) is 35.5 Å². The van der Waals surface area contributed by atoms with Crippen molar-refractivity contribution in [1.29, 1.82) is 0 Å². The number of aromatic nitrogens is 2. The summed E-state index contributed by atoms with van der Waals surface area (Å²) >= 11 is 6.72. The first-order valence-corrected chi connectivity index (χ1v) is 10.9. The van der Waals surface area contributed by atoms with E-state index in [1.54, 1.807) is 6.20 Å². The number of hydrogen-bond acceptors (Lipinski definition) is 4. The summed E-state index contributed by atoms with van der Waals surface area (Å²) < 4.78 is 7.91. The van der Waals surface area contributed by atoms with Crippen molar-refractivity contribution in [3.8, 4) is 11.4 Å². The van der Waals surface area contributed by atoms with Crippen molar-refractivity contribution in [2.75, 3.05) is 33.3 Å². The second kappa shape index (κ2) is 8.02. The van der Waals surface area contributed by atoms with Crippen LogP contribution in [0.2, 0.25) is 5.02 Å². The summed E-state index contributed by atoms with van der Waals surface area (Å²) in [5, 5.41) is 4.81. The summed E-state index contributed by atoms with van der Waals surface area (Å²) in [5.74, 6) is 0.543. The van der Waals surface area contributed by atoms with Gasteiger partial charge in [0, 0.05) is 32.0 Å². The summed E-state index contributed by atoms with van der Waals surface area (Å²) in [7, 11) is 2.08. The van der Waals surface area contributed by atoms with E-state index in [4.69, 9.17) is 16.3 Å². The lowest BCUT2D eigenvalue weighted by Crippen LogP contribution is -2.55. The zero-order valence-corrected chi connectivity index (χ0v) is 18.5. The highest BCUT2D eigenvalue weighted by molar-refractivity contribution is 6.33. The molecule has 6 nitrogen and oxygen atoms in total. The van der Waals surface area contributed by atoms with Crippen molar-refractivity contribution in [2.24, 2.45) is 0 Å². The number of likely N-dealkylation sites (N-methyl/N-ethyl adjacent to an activating group) is 1. The van der Waals surface area contributed by atoms with Crippen LogP contribution in [0.4, 0.5) is 0 Å². The van der Waals surface area contributed by atoms with Gasteiger partial charge >= 0.3 is 0 Å². The van der Waals surface area contributed by atoms with Crippen molar-refractivity contribution in [2.45, 2.75) is 19.4 Å². The molecule has 0 aliphatic carbocycles. The van der Waals surface area contributed by atoms with Gasteiger partial charge in [-0.2, -0.15) is 5.10 Å². The molecule has 31 heavy (non-hydrogen) atoms. The van der Waals surface area contributed by atoms with Crippen LogP contribution >= 0.6 is 11.6 Å². The topological polar surface area (TPSA) is 50.6 Å². The van der Waals surface area contributed by atoms with Crippen LogP contribution in [0, 0.1) is 6.92 Å². The van der Waals surface area contributed by atoms with Crippen LogP contribution in [0.1, 0.15) is 27.0 Å². The van der Waals surface area contributed by atoms with Crippen molar-refractivity contribution in [3.63, 3.8) is 0 Å². The maximum Gasteiger partial charge on any atom is 0.258 e. The second-order valence-corrected chi connectivity index (χ2v) is 8.75. The van der Waals surface area contributed by atoms with Crippen LogP contribution in [0.15, 0.2) is 48.8 Å². The lowest BCUT2D eigenvalue weighted by molar-refractivity contribution is 0.0442. The number of nitrogens with zero attached hydrogens (tertiary/aromatic N) is 4. The maximum absolute atomic E-state index is 13.4. The summed E-state index contributed by atoms with van der Waals surface area (Å²) in [5.41, 5.74) is 4.73. The molecule has 160 valence electrons. The van der Waals surface area contributed by atoms with Gasteiger partial charge in [-0.3, -0.25) is 4.79 Å². The van der Waals surface area contributed by atoms with Crippen LogP contribution in [0.25, 0.3) is 5.69 Å². The Kier molecular flexibility index (Phi) is 5.20. The fraction of sp³-hybridized carbons (Fsp3) is 0.333. The minimum absolute atomic E-state index is 0.0165. The van der Waals surface area contributed by atoms with E-state index in [9.17, 15) is 4.79 Å². The van der Waals surface area contributed by atoms with Crippen LogP contribution < -0.4 is 4.74 Å². The number of fused-ring (bicyclic) bond motifs is 2. The molecule has 0 saturated carbocycles. The number of ether oxygens (including phenoxy) is 1. The number of halogens is 1. The largest absolute Gasteiger partial charge is 0.489 e. The summed E-state index contributed by atoms with van der Waals surface area (Å²) in [6.45, 7) is 4.85. The number of hydrogen-bond donors (Lipinski definition) is 0. The molecule has 1 fully saturated rings. The van der Waals surface area contributed by atoms with Crippen molar-refractivity contribution >= 4 is 17.5 Å². The Hall–Kier alpha value is -2.83. The molecule has 2 aromatic carbocycles. The predicted octanol–water partition coefficient (Wildman–Crippen LogP) is 3.57. The van der Waals surface area contributed by atoms with Gasteiger partial charge in [-0.15, -0.1) is 0 Å². The molecule has 1 aromatic heterocycles. The normalized spacial score (nSPS) is 18.9. The average molecular weight is 437 g/mol.